The molecule has 27 heavy (non-hydrogen) atoms. The molecule has 0 aliphatic heterocycles. The maximum absolute atomic E-state index is 12.1. The molecule has 6 heteroatoms. The number of anilines is 1. The van der Waals surface area contributed by atoms with E-state index in [2.05, 4.69) is 10.6 Å². The van der Waals surface area contributed by atoms with Gasteiger partial charge in [0.25, 0.3) is 0 Å². The van der Waals surface area contributed by atoms with Gasteiger partial charge in [-0.1, -0.05) is 18.2 Å². The first-order valence-corrected chi connectivity index (χ1v) is 8.48. The molecule has 0 aliphatic carbocycles. The highest BCUT2D eigenvalue weighted by atomic mass is 16.5. The van der Waals surface area contributed by atoms with Crippen LogP contribution in [0.3, 0.4) is 0 Å². The Hall–Kier alpha value is -3.28. The summed E-state index contributed by atoms with van der Waals surface area (Å²) in [5.74, 6) is 0.600. The van der Waals surface area contributed by atoms with Gasteiger partial charge in [-0.25, -0.2) is 0 Å². The van der Waals surface area contributed by atoms with Crippen molar-refractivity contribution in [3.63, 3.8) is 0 Å². The third-order valence-electron chi connectivity index (χ3n) is 4.02. The number of carbonyl (C=O) groups excluding carboxylic acids is 2. The number of methoxy groups -OCH3 is 2. The zero-order chi connectivity index (χ0) is 19.8. The Morgan fingerprint density at radius 3 is 2.37 bits per heavy atom. The molecule has 6 nitrogen and oxygen atoms in total. The third-order valence-corrected chi connectivity index (χ3v) is 4.02. The fourth-order valence-corrected chi connectivity index (χ4v) is 2.54. The van der Waals surface area contributed by atoms with E-state index in [1.54, 1.807) is 38.5 Å². The van der Waals surface area contributed by atoms with E-state index in [0.29, 0.717) is 11.5 Å². The Bertz CT molecular complexity index is 839. The molecule has 0 heterocycles. The van der Waals surface area contributed by atoms with Crippen LogP contribution >= 0.6 is 0 Å². The maximum Gasteiger partial charge on any atom is 0.244 e. The quantitative estimate of drug-likeness (QED) is 0.737. The molecular weight excluding hydrogens is 344 g/mol. The molecule has 2 aromatic rings. The molecular formula is C21H24N2O4. The van der Waals surface area contributed by atoms with Gasteiger partial charge in [-0.15, -0.1) is 0 Å². The minimum atomic E-state index is -0.371. The van der Waals surface area contributed by atoms with Crippen molar-refractivity contribution in [2.45, 2.75) is 13.8 Å². The number of rotatable bonds is 7. The third kappa shape index (κ3) is 5.60. The lowest BCUT2D eigenvalue weighted by molar-refractivity contribution is -0.121. The fraction of sp³-hybridized carbons (Fsp3) is 0.238. The first kappa shape index (κ1) is 20.0. The zero-order valence-corrected chi connectivity index (χ0v) is 16.0. The maximum atomic E-state index is 12.1. The van der Waals surface area contributed by atoms with Gasteiger partial charge in [0.05, 0.1) is 20.8 Å². The van der Waals surface area contributed by atoms with Gasteiger partial charge < -0.3 is 20.1 Å². The Morgan fingerprint density at radius 1 is 1.04 bits per heavy atom. The molecule has 0 radical (unpaired) electrons. The molecule has 0 unspecified atom stereocenters. The van der Waals surface area contributed by atoms with E-state index in [4.69, 9.17) is 9.47 Å². The number of benzene rings is 2. The highest BCUT2D eigenvalue weighted by Crippen LogP contribution is 2.25. The molecule has 0 saturated heterocycles. The van der Waals surface area contributed by atoms with Crippen LogP contribution in [-0.2, 0) is 9.59 Å². The van der Waals surface area contributed by atoms with Crippen LogP contribution in [0.15, 0.2) is 42.5 Å². The second-order valence-corrected chi connectivity index (χ2v) is 5.97. The summed E-state index contributed by atoms with van der Waals surface area (Å²) in [6.45, 7) is 3.73. The monoisotopic (exact) mass is 368 g/mol. The number of para-hydroxylation sites is 1. The van der Waals surface area contributed by atoms with E-state index in [9.17, 15) is 9.59 Å². The van der Waals surface area contributed by atoms with Crippen LogP contribution in [-0.4, -0.2) is 32.6 Å². The normalized spacial score (nSPS) is 10.5. The highest BCUT2D eigenvalue weighted by Gasteiger charge is 2.08. The smallest absolute Gasteiger partial charge is 0.244 e. The molecule has 0 bridgehead atoms. The van der Waals surface area contributed by atoms with Gasteiger partial charge in [0.1, 0.15) is 11.5 Å². The zero-order valence-electron chi connectivity index (χ0n) is 16.0. The fourth-order valence-electron chi connectivity index (χ4n) is 2.54. The standard InChI is InChI=1S/C21H24N2O4/c1-14-6-5-7-15(2)21(14)23-20(25)13-22-19(24)11-9-16-8-10-17(26-3)12-18(16)27-4/h5-12H,13H2,1-4H3,(H,22,24)(H,23,25)/b11-9+. The predicted octanol–water partition coefficient (Wildman–Crippen LogP) is 3.09. The molecule has 142 valence electrons. The lowest BCUT2D eigenvalue weighted by Crippen LogP contribution is -2.32. The second-order valence-electron chi connectivity index (χ2n) is 5.97. The van der Waals surface area contributed by atoms with Crippen LogP contribution in [0, 0.1) is 13.8 Å². The molecule has 0 spiro atoms. The first-order valence-electron chi connectivity index (χ1n) is 8.48. The number of ether oxygens (including phenoxy) is 2. The molecule has 0 saturated carbocycles. The van der Waals surface area contributed by atoms with Crippen molar-refractivity contribution >= 4 is 23.6 Å². The first-order chi connectivity index (χ1) is 12.9. The van der Waals surface area contributed by atoms with E-state index in [1.807, 2.05) is 32.0 Å². The Labute approximate surface area is 159 Å². The summed E-state index contributed by atoms with van der Waals surface area (Å²) in [4.78, 5) is 24.1. The van der Waals surface area contributed by atoms with Crippen LogP contribution in [0.5, 0.6) is 11.5 Å². The molecule has 0 fully saturated rings. The van der Waals surface area contributed by atoms with Crippen LogP contribution in [0.2, 0.25) is 0 Å². The van der Waals surface area contributed by atoms with Gasteiger partial charge >= 0.3 is 0 Å². The lowest BCUT2D eigenvalue weighted by Gasteiger charge is -2.11. The molecule has 2 amide bonds. The van der Waals surface area contributed by atoms with E-state index in [-0.39, 0.29) is 18.4 Å². The van der Waals surface area contributed by atoms with Gasteiger partial charge in [-0.05, 0) is 43.2 Å². The second kappa shape index (κ2) is 9.43. The topological polar surface area (TPSA) is 76.7 Å². The summed E-state index contributed by atoms with van der Waals surface area (Å²) >= 11 is 0. The van der Waals surface area contributed by atoms with Crippen LogP contribution < -0.4 is 20.1 Å². The Morgan fingerprint density at radius 2 is 1.74 bits per heavy atom. The molecule has 2 rings (SSSR count). The predicted molar refractivity (Wildman–Crippen MR) is 106 cm³/mol. The van der Waals surface area contributed by atoms with E-state index >= 15 is 0 Å². The summed E-state index contributed by atoms with van der Waals surface area (Å²) in [5.41, 5.74) is 3.45. The number of nitrogens with one attached hydrogen (secondary N) is 2. The van der Waals surface area contributed by atoms with Crippen LogP contribution in [0.1, 0.15) is 16.7 Å². The van der Waals surface area contributed by atoms with Crippen LogP contribution in [0.4, 0.5) is 5.69 Å². The summed E-state index contributed by atoms with van der Waals surface area (Å²) in [5, 5.41) is 5.40. The van der Waals surface area contributed by atoms with Crippen molar-refractivity contribution in [1.29, 1.82) is 0 Å². The molecule has 0 atom stereocenters. The van der Waals surface area contributed by atoms with Crippen molar-refractivity contribution in [1.82, 2.24) is 5.32 Å². The molecule has 0 aliphatic rings. The van der Waals surface area contributed by atoms with Gasteiger partial charge in [0, 0.05) is 23.4 Å². The number of hydrogen-bond acceptors (Lipinski definition) is 4. The average molecular weight is 368 g/mol. The van der Waals surface area contributed by atoms with Crippen molar-refractivity contribution in [2.75, 3.05) is 26.1 Å². The molecule has 2 N–H and O–H groups in total. The van der Waals surface area contributed by atoms with Gasteiger partial charge in [-0.3, -0.25) is 9.59 Å². The van der Waals surface area contributed by atoms with Gasteiger partial charge in [-0.2, -0.15) is 0 Å². The number of aryl methyl sites for hydroxylation is 2. The minimum Gasteiger partial charge on any atom is -0.497 e. The number of amides is 2. The number of carbonyl (C=O) groups is 2. The summed E-state index contributed by atoms with van der Waals surface area (Å²) in [6, 6.07) is 11.1. The Kier molecular flexibility index (Phi) is 7.00. The SMILES string of the molecule is COc1ccc(/C=C/C(=O)NCC(=O)Nc2c(C)cccc2C)c(OC)c1. The van der Waals surface area contributed by atoms with Crippen molar-refractivity contribution in [3.05, 3.63) is 59.2 Å². The van der Waals surface area contributed by atoms with E-state index < -0.39 is 0 Å². The summed E-state index contributed by atoms with van der Waals surface area (Å²) < 4.78 is 10.4. The molecule has 2 aromatic carbocycles. The highest BCUT2D eigenvalue weighted by molar-refractivity contribution is 5.98. The Balaban J connectivity index is 1.92. The van der Waals surface area contributed by atoms with Crippen LogP contribution in [0.25, 0.3) is 6.08 Å². The van der Waals surface area contributed by atoms with E-state index in [0.717, 1.165) is 22.4 Å². The minimum absolute atomic E-state index is 0.114. The molecule has 0 aromatic heterocycles. The lowest BCUT2D eigenvalue weighted by atomic mass is 10.1. The van der Waals surface area contributed by atoms with Crippen molar-refractivity contribution < 1.29 is 19.1 Å². The number of hydrogen-bond donors (Lipinski definition) is 2. The van der Waals surface area contributed by atoms with Gasteiger partial charge in [0.15, 0.2) is 0 Å². The van der Waals surface area contributed by atoms with E-state index in [1.165, 1.54) is 6.08 Å². The largest absolute Gasteiger partial charge is 0.497 e. The summed E-state index contributed by atoms with van der Waals surface area (Å²) in [7, 11) is 3.12. The van der Waals surface area contributed by atoms with Gasteiger partial charge in [0.2, 0.25) is 11.8 Å². The average Bonchev–Trinajstić information content (AvgIpc) is 2.67. The summed E-state index contributed by atoms with van der Waals surface area (Å²) in [6.07, 6.45) is 2.98. The van der Waals surface area contributed by atoms with Crippen molar-refractivity contribution in [3.8, 4) is 11.5 Å². The van der Waals surface area contributed by atoms with Crippen molar-refractivity contribution in [2.24, 2.45) is 0 Å².